The van der Waals surface area contributed by atoms with Gasteiger partial charge in [-0.3, -0.25) is 4.98 Å². The largest absolute Gasteiger partial charge is 0.489 e. The lowest BCUT2D eigenvalue weighted by atomic mass is 9.80. The van der Waals surface area contributed by atoms with E-state index in [1.807, 2.05) is 139 Å². The van der Waals surface area contributed by atoms with Crippen molar-refractivity contribution in [3.63, 3.8) is 0 Å². The Morgan fingerprint density at radius 1 is 0.395 bits per heavy atom. The fourth-order valence-corrected chi connectivity index (χ4v) is 12.1. The van der Waals surface area contributed by atoms with Gasteiger partial charge in [-0.2, -0.15) is 0 Å². The molecule has 114 heavy (non-hydrogen) atoms. The third kappa shape index (κ3) is 43.8. The molecule has 0 amide bonds. The van der Waals surface area contributed by atoms with Crippen molar-refractivity contribution in [1.82, 2.24) is 4.98 Å². The highest BCUT2D eigenvalue weighted by molar-refractivity contribution is 6.32. The maximum absolute atomic E-state index is 13.3. The van der Waals surface area contributed by atoms with Gasteiger partial charge < -0.3 is 68.9 Å². The fourth-order valence-electron chi connectivity index (χ4n) is 11.9. The SMILES string of the molecule is CCCC(C)(C)c1ccccc1OC(C)CO.CCCC(C)c1ccccc1OC(C)CO.CCCCCc1ccccc1OC(C)CO.CCCCc1ccc(F)cc1OC(CO)C(C)C.CCCCc1cccc(Cl)c1OC(C)CO.CCCCc1ccccc1OC(CO)C(C)C.CCCCc1ccncc1OCCO. The van der Waals surface area contributed by atoms with Crippen LogP contribution >= 0.6 is 11.6 Å². The van der Waals surface area contributed by atoms with Gasteiger partial charge in [-0.25, -0.2) is 4.39 Å². The highest BCUT2D eigenvalue weighted by Gasteiger charge is 2.25. The standard InChI is InChI=1S/C15H23FO2.2C15H24O2.2C14H22O2.C13H19ClO2.C11H17NO2/c1-4-5-6-12-7-8-13(16)9-14(12)18-15(10-17)11(2)3;1-5-10-15(3,4)13-8-6-7-9-14(13)17-12(2)11-16;1-4-5-8-13-9-6-7-10-14(13)17-15(11-16)12(2)3;1-4-7-11(2)13-8-5-6-9-14(13)16-12(3)10-15;1-3-4-5-8-13-9-6-7-10-14(13)16-12(2)11-15;1-3-4-6-11-7-5-8-12(14)13(11)16-10(2)9-15;1-2-3-4-10-5-6-12-9-11(10)14-8-7-13/h7-9,11,15,17H,4-6,10H2,1-3H3;6-9,12,16H,5,10-11H2,1-4H3;6-7,9-10,12,15-16H,4-5,8,11H2,1-3H3;5-6,8-9,11-12,15H,4,7,10H2,1-3H3;6-7,9-10,12,15H,3-5,8,11H2,1-2H3;5,7-8,10,15H,3-4,6,9H2,1-2H3;5-6,9,13H,2-4,7-8H2,1H3. The van der Waals surface area contributed by atoms with E-state index in [0.29, 0.717) is 29.2 Å². The molecular weight excluding hydrogens is 1460 g/mol. The second-order valence-corrected chi connectivity index (χ2v) is 31.0. The predicted octanol–water partition coefficient (Wildman–Crippen LogP) is 22.3. The van der Waals surface area contributed by atoms with Gasteiger partial charge in [0.15, 0.2) is 0 Å². The van der Waals surface area contributed by atoms with Crippen molar-refractivity contribution < 1.29 is 73.3 Å². The third-order valence-corrected chi connectivity index (χ3v) is 19.2. The summed E-state index contributed by atoms with van der Waals surface area (Å²) in [4.78, 5) is 4.00. The van der Waals surface area contributed by atoms with Crippen LogP contribution in [0.25, 0.3) is 0 Å². The molecule has 7 unspecified atom stereocenters. The first-order valence-corrected chi connectivity index (χ1v) is 42.9. The number of rotatable bonds is 45. The monoisotopic (exact) mass is 1610 g/mol. The summed E-state index contributed by atoms with van der Waals surface area (Å²) in [5, 5.41) is 63.9. The summed E-state index contributed by atoms with van der Waals surface area (Å²) in [7, 11) is 0. The maximum atomic E-state index is 13.3. The number of para-hydroxylation sites is 5. The molecule has 15 nitrogen and oxygen atoms in total. The minimum absolute atomic E-state index is 0.00155. The topological polar surface area (TPSA) is 219 Å². The van der Waals surface area contributed by atoms with Crippen LogP contribution in [0.15, 0.2) is 152 Å². The molecule has 1 heterocycles. The highest BCUT2D eigenvalue weighted by atomic mass is 35.5. The molecule has 642 valence electrons. The molecule has 7 rings (SSSR count). The summed E-state index contributed by atoms with van der Waals surface area (Å²) in [6, 6.07) is 44.9. The molecule has 0 radical (unpaired) electrons. The number of aliphatic hydroxyl groups is 7. The van der Waals surface area contributed by atoms with Gasteiger partial charge in [-0.15, -0.1) is 0 Å². The Morgan fingerprint density at radius 2 is 0.816 bits per heavy atom. The van der Waals surface area contributed by atoms with Gasteiger partial charge in [0.2, 0.25) is 0 Å². The average molecular weight is 1610 g/mol. The van der Waals surface area contributed by atoms with E-state index in [4.69, 9.17) is 70.3 Å². The van der Waals surface area contributed by atoms with Gasteiger partial charge in [0.1, 0.15) is 89.3 Å². The Bertz CT molecular complexity index is 3470. The van der Waals surface area contributed by atoms with E-state index in [-0.39, 0.29) is 100 Å². The molecule has 7 aromatic rings. The summed E-state index contributed by atoms with van der Waals surface area (Å²) < 4.78 is 53.1. The van der Waals surface area contributed by atoms with Crippen LogP contribution in [0.2, 0.25) is 5.02 Å². The van der Waals surface area contributed by atoms with Crippen molar-refractivity contribution in [2.75, 3.05) is 52.9 Å². The van der Waals surface area contributed by atoms with E-state index in [2.05, 4.69) is 112 Å². The number of aromatic nitrogens is 1. The Morgan fingerprint density at radius 3 is 1.31 bits per heavy atom. The molecule has 17 heteroatoms. The quantitative estimate of drug-likeness (QED) is 0.0177. The molecule has 6 aromatic carbocycles. The second kappa shape index (κ2) is 64.1. The molecule has 7 N–H and O–H groups in total. The van der Waals surface area contributed by atoms with Crippen LogP contribution in [0.4, 0.5) is 4.39 Å². The minimum Gasteiger partial charge on any atom is -0.489 e. The number of ether oxygens (including phenoxy) is 7. The van der Waals surface area contributed by atoms with Gasteiger partial charge in [0, 0.05) is 12.3 Å². The molecule has 0 fully saturated rings. The van der Waals surface area contributed by atoms with E-state index in [1.165, 1.54) is 84.9 Å². The lowest BCUT2D eigenvalue weighted by molar-refractivity contribution is 0.0790. The van der Waals surface area contributed by atoms with Crippen molar-refractivity contribution in [3.05, 3.63) is 202 Å². The van der Waals surface area contributed by atoms with E-state index in [0.717, 1.165) is 129 Å². The molecule has 0 saturated heterocycles. The zero-order chi connectivity index (χ0) is 85.1. The van der Waals surface area contributed by atoms with Crippen molar-refractivity contribution >= 4 is 11.6 Å². The number of unbranched alkanes of at least 4 members (excludes halogenated alkanes) is 6. The number of aliphatic hydroxyl groups excluding tert-OH is 7. The number of aryl methyl sites for hydroxylation is 5. The molecular formula is C97H151ClFNO14. The molecule has 0 saturated carbocycles. The summed E-state index contributed by atoms with van der Waals surface area (Å²) in [5.74, 6) is 6.45. The molecule has 0 aliphatic carbocycles. The van der Waals surface area contributed by atoms with Crippen LogP contribution < -0.4 is 33.2 Å². The van der Waals surface area contributed by atoms with Gasteiger partial charge in [-0.05, 0) is 209 Å². The number of halogens is 2. The first kappa shape index (κ1) is 105. The Kier molecular flexibility index (Phi) is 59.1. The van der Waals surface area contributed by atoms with E-state index >= 15 is 0 Å². The molecule has 1 aromatic heterocycles. The van der Waals surface area contributed by atoms with Crippen molar-refractivity contribution in [3.8, 4) is 40.2 Å². The van der Waals surface area contributed by atoms with Crippen LogP contribution in [0.5, 0.6) is 40.2 Å². The van der Waals surface area contributed by atoms with Gasteiger partial charge in [0.25, 0.3) is 0 Å². The van der Waals surface area contributed by atoms with E-state index in [9.17, 15) is 14.6 Å². The second-order valence-electron chi connectivity index (χ2n) is 30.6. The fraction of sp³-hybridized carbons (Fsp3) is 0.577. The predicted molar refractivity (Wildman–Crippen MR) is 471 cm³/mol. The Hall–Kier alpha value is -6.99. The average Bonchev–Trinajstić information content (AvgIpc) is 0.829. The lowest BCUT2D eigenvalue weighted by Crippen LogP contribution is -2.27. The van der Waals surface area contributed by atoms with Crippen LogP contribution in [-0.4, -0.2) is 130 Å². The first-order valence-electron chi connectivity index (χ1n) is 42.5. The normalized spacial score (nSPS) is 12.7. The van der Waals surface area contributed by atoms with Crippen LogP contribution in [0, 0.1) is 17.7 Å². The smallest absolute Gasteiger partial charge is 0.141 e. The number of pyridine rings is 1. The summed E-state index contributed by atoms with van der Waals surface area (Å²) in [6.45, 7) is 38.0. The van der Waals surface area contributed by atoms with Gasteiger partial charge in [0.05, 0.1) is 57.5 Å². The zero-order valence-electron chi connectivity index (χ0n) is 73.1. The number of hydrogen-bond acceptors (Lipinski definition) is 15. The lowest BCUT2D eigenvalue weighted by Gasteiger charge is -2.28. The number of benzene rings is 6. The maximum Gasteiger partial charge on any atom is 0.141 e. The van der Waals surface area contributed by atoms with Crippen molar-refractivity contribution in [1.29, 1.82) is 0 Å². The first-order chi connectivity index (χ1) is 54.8. The van der Waals surface area contributed by atoms with Crippen LogP contribution in [0.1, 0.15) is 266 Å². The molecule has 0 aliphatic rings. The number of hydrogen-bond donors (Lipinski definition) is 7. The van der Waals surface area contributed by atoms with E-state index < -0.39 is 0 Å². The summed E-state index contributed by atoms with van der Waals surface area (Å²) in [6.07, 6.45) is 24.7. The van der Waals surface area contributed by atoms with Gasteiger partial charge >= 0.3 is 0 Å². The highest BCUT2D eigenvalue weighted by Crippen LogP contribution is 2.37. The molecule has 0 bridgehead atoms. The van der Waals surface area contributed by atoms with Crippen LogP contribution in [-0.2, 0) is 37.5 Å². The molecule has 7 atom stereocenters. The molecule has 0 aliphatic heterocycles. The van der Waals surface area contributed by atoms with E-state index in [1.54, 1.807) is 18.5 Å². The van der Waals surface area contributed by atoms with Gasteiger partial charge in [-0.1, -0.05) is 251 Å². The summed E-state index contributed by atoms with van der Waals surface area (Å²) >= 11 is 6.10. The number of nitrogens with zero attached hydrogens (tertiary/aromatic N) is 1. The van der Waals surface area contributed by atoms with Crippen molar-refractivity contribution in [2.24, 2.45) is 11.8 Å². The van der Waals surface area contributed by atoms with Crippen molar-refractivity contribution in [2.45, 2.75) is 301 Å². The Labute approximate surface area is 693 Å². The molecule has 0 spiro atoms. The third-order valence-electron chi connectivity index (χ3n) is 18.9. The van der Waals surface area contributed by atoms with Crippen LogP contribution in [0.3, 0.4) is 0 Å². The minimum atomic E-state index is -0.300. The Balaban J connectivity index is 0.000000666. The zero-order valence-corrected chi connectivity index (χ0v) is 73.9. The summed E-state index contributed by atoms with van der Waals surface area (Å²) in [5.41, 5.74) is 8.37.